The molecule has 1 aliphatic rings. The Kier molecular flexibility index (Phi) is 11.4. The molecule has 2 amide bonds. The van der Waals surface area contributed by atoms with Gasteiger partial charge in [0.2, 0.25) is 11.8 Å². The quantitative estimate of drug-likeness (QED) is 0.203. The van der Waals surface area contributed by atoms with Crippen LogP contribution in [0.2, 0.25) is 0 Å². The van der Waals surface area contributed by atoms with Gasteiger partial charge in [-0.05, 0) is 48.1 Å². The van der Waals surface area contributed by atoms with E-state index in [0.717, 1.165) is 10.8 Å². The maximum absolute atomic E-state index is 13.6. The van der Waals surface area contributed by atoms with Gasteiger partial charge >= 0.3 is 0 Å². The monoisotopic (exact) mass is 638 g/mol. The van der Waals surface area contributed by atoms with Crippen molar-refractivity contribution in [3.05, 3.63) is 107 Å². The van der Waals surface area contributed by atoms with Gasteiger partial charge in [-0.25, -0.2) is 0 Å². The third-order valence-electron chi connectivity index (χ3n) is 7.42. The topological polar surface area (TPSA) is 87.5 Å². The van der Waals surface area contributed by atoms with Crippen molar-refractivity contribution in [2.24, 2.45) is 5.73 Å². The van der Waals surface area contributed by atoms with Crippen LogP contribution in [0.25, 0.3) is 0 Å². The summed E-state index contributed by atoms with van der Waals surface area (Å²) in [5, 5.41) is 6.60. The Bertz CT molecular complexity index is 1130. The number of carbonyl (C=O) groups is 2. The van der Waals surface area contributed by atoms with Crippen LogP contribution in [0.5, 0.6) is 0 Å². The Morgan fingerprint density at radius 2 is 1.59 bits per heavy atom. The lowest BCUT2D eigenvalue weighted by Gasteiger charge is -2.29. The summed E-state index contributed by atoms with van der Waals surface area (Å²) in [6.45, 7) is 2.15. The van der Waals surface area contributed by atoms with E-state index in [1.807, 2.05) is 41.3 Å². The number of hydrogen-bond acceptors (Lipinski definition) is 4. The standard InChI is InChI=1S/C32H39IN4O2/c33-21-25-13-11-24(12-14-25)15-16-31(38)35-22-28-18-20-37(32(39)30(36-28)17-19-34)23-29(26-7-3-1-4-8-26)27-9-5-2-6-10-27/h1-14,28-30,36H,15-23,34H2,(H,35,38)/t28-,30-/m0/s1. The SMILES string of the molecule is NCC[C@@H]1N[C@H](CNC(=O)CCc2ccc(CI)cc2)CCN(CC(c2ccccc2)c2ccccc2)C1=O. The minimum Gasteiger partial charge on any atom is -0.355 e. The first-order valence-electron chi connectivity index (χ1n) is 13.8. The Labute approximate surface area is 245 Å². The minimum atomic E-state index is -0.358. The van der Waals surface area contributed by atoms with Crippen LogP contribution in [0.1, 0.15) is 47.4 Å². The lowest BCUT2D eigenvalue weighted by molar-refractivity contribution is -0.133. The Morgan fingerprint density at radius 3 is 2.18 bits per heavy atom. The molecular formula is C32H39IN4O2. The van der Waals surface area contributed by atoms with Crippen molar-refractivity contribution in [3.63, 3.8) is 0 Å². The molecule has 0 saturated carbocycles. The number of nitrogens with two attached hydrogens (primary N) is 1. The van der Waals surface area contributed by atoms with E-state index in [9.17, 15) is 9.59 Å². The van der Waals surface area contributed by atoms with E-state index in [4.69, 9.17) is 5.73 Å². The number of nitrogens with one attached hydrogen (secondary N) is 2. The van der Waals surface area contributed by atoms with Gasteiger partial charge in [0.1, 0.15) is 0 Å². The van der Waals surface area contributed by atoms with Gasteiger partial charge in [0.15, 0.2) is 0 Å². The third-order valence-corrected chi connectivity index (χ3v) is 8.30. The van der Waals surface area contributed by atoms with Crippen molar-refractivity contribution in [1.82, 2.24) is 15.5 Å². The molecule has 1 saturated heterocycles. The van der Waals surface area contributed by atoms with E-state index in [0.29, 0.717) is 45.4 Å². The van der Waals surface area contributed by atoms with Crippen molar-refractivity contribution in [3.8, 4) is 0 Å². The van der Waals surface area contributed by atoms with Gasteiger partial charge in [-0.15, -0.1) is 0 Å². The van der Waals surface area contributed by atoms with Gasteiger partial charge in [0.25, 0.3) is 0 Å². The summed E-state index contributed by atoms with van der Waals surface area (Å²) in [7, 11) is 0. The van der Waals surface area contributed by atoms with E-state index < -0.39 is 0 Å². The van der Waals surface area contributed by atoms with E-state index in [-0.39, 0.29) is 29.8 Å². The van der Waals surface area contributed by atoms with Gasteiger partial charge in [-0.2, -0.15) is 0 Å². The van der Waals surface area contributed by atoms with Crippen LogP contribution < -0.4 is 16.4 Å². The number of benzene rings is 3. The first-order valence-corrected chi connectivity index (χ1v) is 15.3. The molecule has 6 nitrogen and oxygen atoms in total. The molecule has 3 aromatic rings. The maximum atomic E-state index is 13.6. The van der Waals surface area contributed by atoms with Crippen molar-refractivity contribution in [1.29, 1.82) is 0 Å². The van der Waals surface area contributed by atoms with Crippen LogP contribution in [-0.2, 0) is 20.4 Å². The number of halogens is 1. The number of aryl methyl sites for hydroxylation is 1. The highest BCUT2D eigenvalue weighted by Gasteiger charge is 2.32. The second-order valence-corrected chi connectivity index (χ2v) is 11.0. The molecule has 4 rings (SSSR count). The van der Waals surface area contributed by atoms with Gasteiger partial charge in [0, 0.05) is 42.4 Å². The van der Waals surface area contributed by atoms with E-state index in [2.05, 4.69) is 81.8 Å². The second-order valence-electron chi connectivity index (χ2n) is 10.2. The van der Waals surface area contributed by atoms with Gasteiger partial charge in [-0.1, -0.05) is 108 Å². The van der Waals surface area contributed by atoms with E-state index in [1.165, 1.54) is 22.3 Å². The highest BCUT2D eigenvalue weighted by molar-refractivity contribution is 14.1. The highest BCUT2D eigenvalue weighted by Crippen LogP contribution is 2.27. The van der Waals surface area contributed by atoms with Gasteiger partial charge in [0.05, 0.1) is 6.04 Å². The predicted molar refractivity (Wildman–Crippen MR) is 166 cm³/mol. The van der Waals surface area contributed by atoms with Crippen molar-refractivity contribution in [2.75, 3.05) is 26.2 Å². The van der Waals surface area contributed by atoms with Crippen molar-refractivity contribution >= 4 is 34.4 Å². The summed E-state index contributed by atoms with van der Waals surface area (Å²) >= 11 is 2.35. The zero-order valence-corrected chi connectivity index (χ0v) is 24.6. The molecule has 0 unspecified atom stereocenters. The Balaban J connectivity index is 1.38. The molecule has 1 heterocycles. The zero-order chi connectivity index (χ0) is 27.5. The predicted octanol–water partition coefficient (Wildman–Crippen LogP) is 4.41. The molecule has 0 aliphatic carbocycles. The smallest absolute Gasteiger partial charge is 0.239 e. The van der Waals surface area contributed by atoms with Gasteiger partial charge in [-0.3, -0.25) is 9.59 Å². The fourth-order valence-corrected chi connectivity index (χ4v) is 5.68. The average Bonchev–Trinajstić information content (AvgIpc) is 3.13. The first kappa shape index (κ1) is 29.2. The lowest BCUT2D eigenvalue weighted by Crippen LogP contribution is -2.49. The normalized spacial score (nSPS) is 17.7. The molecule has 2 atom stereocenters. The summed E-state index contributed by atoms with van der Waals surface area (Å²) in [4.78, 5) is 28.3. The van der Waals surface area contributed by atoms with Gasteiger partial charge < -0.3 is 21.3 Å². The lowest BCUT2D eigenvalue weighted by atomic mass is 9.90. The molecular weight excluding hydrogens is 599 g/mol. The van der Waals surface area contributed by atoms with Crippen LogP contribution in [0, 0.1) is 0 Å². The molecule has 0 aromatic heterocycles. The summed E-state index contributed by atoms with van der Waals surface area (Å²) < 4.78 is 0.983. The number of rotatable bonds is 12. The summed E-state index contributed by atoms with van der Waals surface area (Å²) in [5.41, 5.74) is 10.7. The van der Waals surface area contributed by atoms with Crippen LogP contribution in [0.4, 0.5) is 0 Å². The van der Waals surface area contributed by atoms with Crippen LogP contribution in [-0.4, -0.2) is 55.0 Å². The second kappa shape index (κ2) is 15.1. The zero-order valence-electron chi connectivity index (χ0n) is 22.4. The average molecular weight is 639 g/mol. The Morgan fingerprint density at radius 1 is 0.974 bits per heavy atom. The number of hydrogen-bond donors (Lipinski definition) is 3. The number of carbonyl (C=O) groups excluding carboxylic acids is 2. The molecule has 0 spiro atoms. The van der Waals surface area contributed by atoms with E-state index >= 15 is 0 Å². The molecule has 1 fully saturated rings. The molecule has 0 bridgehead atoms. The van der Waals surface area contributed by atoms with Crippen LogP contribution >= 0.6 is 22.6 Å². The molecule has 7 heteroatoms. The largest absolute Gasteiger partial charge is 0.355 e. The third kappa shape index (κ3) is 8.62. The number of alkyl halides is 1. The summed E-state index contributed by atoms with van der Waals surface area (Å²) in [6, 6.07) is 28.8. The van der Waals surface area contributed by atoms with Crippen molar-refractivity contribution < 1.29 is 9.59 Å². The minimum absolute atomic E-state index is 0.00860. The number of amides is 2. The van der Waals surface area contributed by atoms with Crippen molar-refractivity contribution in [2.45, 2.75) is 48.1 Å². The van der Waals surface area contributed by atoms with Crippen LogP contribution in [0.15, 0.2) is 84.9 Å². The number of nitrogens with zero attached hydrogens (tertiary/aromatic N) is 1. The molecule has 0 radical (unpaired) electrons. The highest BCUT2D eigenvalue weighted by atomic mass is 127. The molecule has 4 N–H and O–H groups in total. The maximum Gasteiger partial charge on any atom is 0.239 e. The molecule has 3 aromatic carbocycles. The Hall–Kier alpha value is -2.75. The van der Waals surface area contributed by atoms with E-state index in [1.54, 1.807) is 0 Å². The van der Waals surface area contributed by atoms with Crippen LogP contribution in [0.3, 0.4) is 0 Å². The molecule has 1 aliphatic heterocycles. The molecule has 39 heavy (non-hydrogen) atoms. The first-order chi connectivity index (χ1) is 19.1. The summed E-state index contributed by atoms with van der Waals surface area (Å²) in [6.07, 6.45) is 2.49. The summed E-state index contributed by atoms with van der Waals surface area (Å²) in [5.74, 6) is 0.198. The molecule has 206 valence electrons. The fraction of sp³-hybridized carbons (Fsp3) is 0.375. The fourth-order valence-electron chi connectivity index (χ4n) is 5.17.